The minimum Gasteiger partial charge on any atom is -0.481 e. The molecule has 0 radical (unpaired) electrons. The summed E-state index contributed by atoms with van der Waals surface area (Å²) >= 11 is 0. The van der Waals surface area contributed by atoms with E-state index in [1.165, 1.54) is 0 Å². The molecule has 5 nitrogen and oxygen atoms in total. The molecule has 3 rings (SSSR count). The lowest BCUT2D eigenvalue weighted by Gasteiger charge is -2.40. The predicted octanol–water partition coefficient (Wildman–Crippen LogP) is 5.50. The molecule has 174 valence electrons. The van der Waals surface area contributed by atoms with Gasteiger partial charge in [-0.05, 0) is 51.7 Å². The first-order valence-corrected chi connectivity index (χ1v) is 12.3. The highest BCUT2D eigenvalue weighted by Gasteiger charge is 2.38. The van der Waals surface area contributed by atoms with Gasteiger partial charge in [-0.2, -0.15) is 0 Å². The smallest absolute Gasteiger partial charge is 0.275 e. The first-order valence-electron chi connectivity index (χ1n) is 11.2. The Labute approximate surface area is 194 Å². The lowest BCUT2D eigenvalue weighted by atomic mass is 10.0. The molecule has 2 aromatic rings. The Morgan fingerprint density at radius 3 is 2.25 bits per heavy atom. The Balaban J connectivity index is 1.87. The zero-order chi connectivity index (χ0) is 23.1. The molecule has 2 aromatic carbocycles. The SMILES string of the molecule is CC1=C(O)O[C@H]([C@H](COCc2ccccc2)N(Cc2ccccc2)S(=O)C(C)(C)C)CC1. The lowest BCUT2D eigenvalue weighted by Crippen LogP contribution is -2.52. The number of aliphatic hydroxyl groups is 1. The van der Waals surface area contributed by atoms with Crippen molar-refractivity contribution in [2.24, 2.45) is 0 Å². The van der Waals surface area contributed by atoms with Crippen LogP contribution in [0.4, 0.5) is 0 Å². The first-order chi connectivity index (χ1) is 15.3. The van der Waals surface area contributed by atoms with Crippen LogP contribution in [0.1, 0.15) is 51.7 Å². The summed E-state index contributed by atoms with van der Waals surface area (Å²) in [5.41, 5.74) is 3.00. The van der Waals surface area contributed by atoms with Crippen molar-refractivity contribution < 1.29 is 18.8 Å². The van der Waals surface area contributed by atoms with Crippen LogP contribution >= 0.6 is 0 Å². The van der Waals surface area contributed by atoms with Crippen molar-refractivity contribution in [2.45, 2.75) is 70.6 Å². The van der Waals surface area contributed by atoms with E-state index in [0.717, 1.165) is 29.5 Å². The molecule has 0 bridgehead atoms. The van der Waals surface area contributed by atoms with Crippen LogP contribution in [0, 0.1) is 0 Å². The van der Waals surface area contributed by atoms with Crippen molar-refractivity contribution in [1.29, 1.82) is 0 Å². The van der Waals surface area contributed by atoms with Gasteiger partial charge in [0.15, 0.2) is 0 Å². The van der Waals surface area contributed by atoms with Crippen molar-refractivity contribution in [3.8, 4) is 0 Å². The van der Waals surface area contributed by atoms with Gasteiger partial charge in [0.2, 0.25) is 0 Å². The number of hydrogen-bond donors (Lipinski definition) is 1. The van der Waals surface area contributed by atoms with E-state index in [9.17, 15) is 9.32 Å². The van der Waals surface area contributed by atoms with E-state index in [-0.39, 0.29) is 18.1 Å². The molecule has 0 saturated heterocycles. The fourth-order valence-electron chi connectivity index (χ4n) is 3.70. The summed E-state index contributed by atoms with van der Waals surface area (Å²) in [5, 5.41) is 10.3. The van der Waals surface area contributed by atoms with Crippen LogP contribution < -0.4 is 0 Å². The number of rotatable bonds is 9. The molecule has 6 heteroatoms. The van der Waals surface area contributed by atoms with Crippen LogP contribution in [0.2, 0.25) is 0 Å². The number of hydrogen-bond acceptors (Lipinski definition) is 4. The predicted molar refractivity (Wildman–Crippen MR) is 129 cm³/mol. The number of ether oxygens (including phenoxy) is 2. The van der Waals surface area contributed by atoms with Gasteiger partial charge in [0.05, 0.1) is 24.0 Å². The zero-order valence-corrected chi connectivity index (χ0v) is 20.3. The van der Waals surface area contributed by atoms with Gasteiger partial charge in [-0.25, -0.2) is 8.51 Å². The minimum atomic E-state index is -1.30. The second kappa shape index (κ2) is 11.1. The highest BCUT2D eigenvalue weighted by Crippen LogP contribution is 2.30. The summed E-state index contributed by atoms with van der Waals surface area (Å²) in [5.74, 6) is -0.0180. The molecule has 0 aromatic heterocycles. The summed E-state index contributed by atoms with van der Waals surface area (Å²) in [4.78, 5) is 0. The van der Waals surface area contributed by atoms with Gasteiger partial charge in [0.25, 0.3) is 5.95 Å². The zero-order valence-electron chi connectivity index (χ0n) is 19.5. The Hall–Kier alpha value is -2.15. The molecule has 32 heavy (non-hydrogen) atoms. The standard InChI is InChI=1S/C26H35NO4S/c1-20-15-16-24(31-25(20)28)23(19-30-18-22-13-9-6-10-14-22)27(32(29)26(2,3)4)17-21-11-7-5-8-12-21/h5-14,23-24,28H,15-19H2,1-4H3/t23-,24-,32?/m0/s1. The Bertz CT molecular complexity index is 908. The number of nitrogens with zero attached hydrogens (tertiary/aromatic N) is 1. The Morgan fingerprint density at radius 2 is 1.69 bits per heavy atom. The normalized spacial score (nSPS) is 19.0. The molecule has 0 amide bonds. The molecular formula is C26H35NO4S. The summed E-state index contributed by atoms with van der Waals surface area (Å²) in [6.45, 7) is 9.13. The van der Waals surface area contributed by atoms with Gasteiger partial charge >= 0.3 is 0 Å². The minimum absolute atomic E-state index is 0.0180. The average Bonchev–Trinajstić information content (AvgIpc) is 2.78. The molecule has 0 fully saturated rings. The van der Waals surface area contributed by atoms with Crippen molar-refractivity contribution in [2.75, 3.05) is 6.61 Å². The van der Waals surface area contributed by atoms with E-state index in [1.807, 2.05) is 92.7 Å². The highest BCUT2D eigenvalue weighted by atomic mass is 32.2. The second-order valence-corrected chi connectivity index (χ2v) is 11.5. The van der Waals surface area contributed by atoms with Crippen molar-refractivity contribution in [1.82, 2.24) is 4.31 Å². The topological polar surface area (TPSA) is 59.0 Å². The summed E-state index contributed by atoms with van der Waals surface area (Å²) in [6.07, 6.45) is 1.17. The summed E-state index contributed by atoms with van der Waals surface area (Å²) in [7, 11) is -1.30. The van der Waals surface area contributed by atoms with E-state index in [1.54, 1.807) is 0 Å². The third-order valence-corrected chi connectivity index (χ3v) is 7.42. The van der Waals surface area contributed by atoms with Crippen molar-refractivity contribution in [3.63, 3.8) is 0 Å². The van der Waals surface area contributed by atoms with Crippen LogP contribution in [-0.2, 0) is 33.6 Å². The van der Waals surface area contributed by atoms with Gasteiger partial charge in [0.1, 0.15) is 17.1 Å². The maximum atomic E-state index is 13.7. The molecule has 1 unspecified atom stereocenters. The molecule has 0 aliphatic carbocycles. The van der Waals surface area contributed by atoms with Gasteiger partial charge in [-0.1, -0.05) is 60.7 Å². The molecule has 1 heterocycles. The largest absolute Gasteiger partial charge is 0.481 e. The summed E-state index contributed by atoms with van der Waals surface area (Å²) < 4.78 is 27.3. The van der Waals surface area contributed by atoms with Crippen LogP contribution in [0.3, 0.4) is 0 Å². The third kappa shape index (κ3) is 6.67. The number of benzene rings is 2. The van der Waals surface area contributed by atoms with E-state index >= 15 is 0 Å². The van der Waals surface area contributed by atoms with E-state index in [0.29, 0.717) is 19.8 Å². The van der Waals surface area contributed by atoms with Crippen molar-refractivity contribution >= 4 is 11.0 Å². The molecule has 1 aliphatic heterocycles. The molecule has 3 atom stereocenters. The quantitative estimate of drug-likeness (QED) is 0.540. The van der Waals surface area contributed by atoms with Gasteiger partial charge < -0.3 is 14.6 Å². The third-order valence-electron chi connectivity index (χ3n) is 5.55. The van der Waals surface area contributed by atoms with Gasteiger partial charge in [-0.3, -0.25) is 0 Å². The fourth-order valence-corrected chi connectivity index (χ4v) is 5.11. The maximum Gasteiger partial charge on any atom is 0.275 e. The maximum absolute atomic E-state index is 13.7. The number of allylic oxidation sites excluding steroid dienone is 1. The molecule has 0 saturated carbocycles. The van der Waals surface area contributed by atoms with Gasteiger partial charge in [0, 0.05) is 12.1 Å². The average molecular weight is 458 g/mol. The van der Waals surface area contributed by atoms with E-state index in [2.05, 4.69) is 0 Å². The van der Waals surface area contributed by atoms with Gasteiger partial charge in [-0.15, -0.1) is 0 Å². The first kappa shape index (κ1) is 24.5. The van der Waals surface area contributed by atoms with Crippen LogP contribution in [0.15, 0.2) is 72.2 Å². The van der Waals surface area contributed by atoms with Crippen LogP contribution in [0.25, 0.3) is 0 Å². The van der Waals surface area contributed by atoms with Crippen LogP contribution in [-0.4, -0.2) is 37.1 Å². The van der Waals surface area contributed by atoms with E-state index < -0.39 is 15.7 Å². The molecule has 1 N–H and O–H groups in total. The van der Waals surface area contributed by atoms with Crippen LogP contribution in [0.5, 0.6) is 0 Å². The fraction of sp³-hybridized carbons (Fsp3) is 0.462. The molecule has 0 spiro atoms. The Kier molecular flexibility index (Phi) is 8.51. The molecular weight excluding hydrogens is 422 g/mol. The highest BCUT2D eigenvalue weighted by molar-refractivity contribution is 7.84. The van der Waals surface area contributed by atoms with E-state index in [4.69, 9.17) is 9.47 Å². The summed E-state index contributed by atoms with van der Waals surface area (Å²) in [6, 6.07) is 19.8. The molecule has 1 aliphatic rings. The van der Waals surface area contributed by atoms with Crippen molar-refractivity contribution in [3.05, 3.63) is 83.3 Å². The lowest BCUT2D eigenvalue weighted by molar-refractivity contribution is -0.0502. The second-order valence-electron chi connectivity index (χ2n) is 9.27. The Morgan fingerprint density at radius 1 is 1.09 bits per heavy atom. The number of aliphatic hydroxyl groups excluding tert-OH is 1. The monoisotopic (exact) mass is 457 g/mol.